The van der Waals surface area contributed by atoms with Gasteiger partial charge in [0.1, 0.15) is 0 Å². The lowest BCUT2D eigenvalue weighted by Gasteiger charge is -2.07. The van der Waals surface area contributed by atoms with Crippen molar-refractivity contribution >= 4 is 23.2 Å². The highest BCUT2D eigenvalue weighted by Gasteiger charge is 2.08. The molecule has 18 heavy (non-hydrogen) atoms. The fourth-order valence-corrected chi connectivity index (χ4v) is 1.65. The molecular weight excluding hydrogens is 250 g/mol. The second kappa shape index (κ2) is 5.60. The molecule has 0 aliphatic rings. The van der Waals surface area contributed by atoms with Gasteiger partial charge in [0.2, 0.25) is 5.91 Å². The Morgan fingerprint density at radius 2 is 2.22 bits per heavy atom. The van der Waals surface area contributed by atoms with Crippen molar-refractivity contribution < 1.29 is 4.79 Å². The van der Waals surface area contributed by atoms with Crippen LogP contribution in [0.15, 0.2) is 36.7 Å². The van der Waals surface area contributed by atoms with Gasteiger partial charge in [-0.1, -0.05) is 17.7 Å². The Morgan fingerprint density at radius 1 is 1.39 bits per heavy atom. The number of nitrogens with zero attached hydrogens (tertiary/aromatic N) is 2. The standard InChI is InChI=1S/C13H12ClN3O/c1-9-6-11(13(14)16-8-9)17-12(18)7-10-4-2-3-5-15-10/h2-6,8H,7H2,1H3,(H,17,18). The number of carbonyl (C=O) groups excluding carboxylic acids is 1. The van der Waals surface area contributed by atoms with Gasteiger partial charge in [-0.25, -0.2) is 4.98 Å². The predicted octanol–water partition coefficient (Wildman–Crippen LogP) is 2.62. The maximum absolute atomic E-state index is 11.8. The van der Waals surface area contributed by atoms with Crippen LogP contribution in [0.3, 0.4) is 0 Å². The zero-order valence-corrected chi connectivity index (χ0v) is 10.6. The summed E-state index contributed by atoms with van der Waals surface area (Å²) in [6.45, 7) is 1.89. The summed E-state index contributed by atoms with van der Waals surface area (Å²) in [5.41, 5.74) is 2.18. The van der Waals surface area contributed by atoms with Crippen LogP contribution < -0.4 is 5.32 Å². The third-order valence-electron chi connectivity index (χ3n) is 2.32. The lowest BCUT2D eigenvalue weighted by molar-refractivity contribution is -0.115. The van der Waals surface area contributed by atoms with Crippen LogP contribution in [0, 0.1) is 6.92 Å². The first-order chi connectivity index (χ1) is 8.65. The molecule has 1 N–H and O–H groups in total. The van der Waals surface area contributed by atoms with E-state index in [2.05, 4.69) is 15.3 Å². The summed E-state index contributed by atoms with van der Waals surface area (Å²) in [4.78, 5) is 19.9. The molecule has 0 bridgehead atoms. The van der Waals surface area contributed by atoms with E-state index in [9.17, 15) is 4.79 Å². The van der Waals surface area contributed by atoms with E-state index in [4.69, 9.17) is 11.6 Å². The molecule has 0 atom stereocenters. The molecule has 0 unspecified atom stereocenters. The number of anilines is 1. The Balaban J connectivity index is 2.05. The molecule has 0 fully saturated rings. The van der Waals surface area contributed by atoms with Crippen LogP contribution in [0.4, 0.5) is 5.69 Å². The van der Waals surface area contributed by atoms with E-state index in [0.29, 0.717) is 11.4 Å². The minimum atomic E-state index is -0.164. The van der Waals surface area contributed by atoms with E-state index >= 15 is 0 Å². The first-order valence-corrected chi connectivity index (χ1v) is 5.85. The molecule has 2 aromatic rings. The third-order valence-corrected chi connectivity index (χ3v) is 2.62. The van der Waals surface area contributed by atoms with E-state index in [-0.39, 0.29) is 17.5 Å². The Morgan fingerprint density at radius 3 is 2.94 bits per heavy atom. The van der Waals surface area contributed by atoms with E-state index in [0.717, 1.165) is 5.56 Å². The van der Waals surface area contributed by atoms with Crippen LogP contribution >= 0.6 is 11.6 Å². The first-order valence-electron chi connectivity index (χ1n) is 5.47. The van der Waals surface area contributed by atoms with Crippen molar-refractivity contribution in [3.8, 4) is 0 Å². The van der Waals surface area contributed by atoms with Gasteiger partial charge in [0.05, 0.1) is 12.1 Å². The summed E-state index contributed by atoms with van der Waals surface area (Å²) < 4.78 is 0. The van der Waals surface area contributed by atoms with Gasteiger partial charge in [-0.15, -0.1) is 0 Å². The predicted molar refractivity (Wildman–Crippen MR) is 70.6 cm³/mol. The Labute approximate surface area is 110 Å². The largest absolute Gasteiger partial charge is 0.323 e. The van der Waals surface area contributed by atoms with Gasteiger partial charge in [-0.3, -0.25) is 9.78 Å². The van der Waals surface area contributed by atoms with Gasteiger partial charge >= 0.3 is 0 Å². The maximum Gasteiger partial charge on any atom is 0.230 e. The molecule has 2 rings (SSSR count). The van der Waals surface area contributed by atoms with Crippen LogP contribution in [0.5, 0.6) is 0 Å². The Hall–Kier alpha value is -1.94. The van der Waals surface area contributed by atoms with Crippen molar-refractivity contribution in [2.75, 3.05) is 5.32 Å². The molecule has 2 aromatic heterocycles. The molecule has 0 radical (unpaired) electrons. The summed E-state index contributed by atoms with van der Waals surface area (Å²) in [5.74, 6) is -0.164. The summed E-state index contributed by atoms with van der Waals surface area (Å²) in [7, 11) is 0. The fraction of sp³-hybridized carbons (Fsp3) is 0.154. The van der Waals surface area contributed by atoms with Gasteiger partial charge in [0.15, 0.2) is 5.15 Å². The third kappa shape index (κ3) is 3.28. The molecule has 0 spiro atoms. The minimum Gasteiger partial charge on any atom is -0.323 e. The second-order valence-corrected chi connectivity index (χ2v) is 4.26. The molecule has 5 heteroatoms. The number of nitrogens with one attached hydrogen (secondary N) is 1. The summed E-state index contributed by atoms with van der Waals surface area (Å²) in [5, 5.41) is 3.01. The molecule has 92 valence electrons. The molecule has 0 aliphatic carbocycles. The molecule has 1 amide bonds. The van der Waals surface area contributed by atoms with Crippen molar-refractivity contribution in [3.63, 3.8) is 0 Å². The quantitative estimate of drug-likeness (QED) is 0.864. The summed E-state index contributed by atoms with van der Waals surface area (Å²) >= 11 is 5.90. The number of pyridine rings is 2. The summed E-state index contributed by atoms with van der Waals surface area (Å²) in [6.07, 6.45) is 3.52. The van der Waals surface area contributed by atoms with Crippen LogP contribution in [-0.2, 0) is 11.2 Å². The highest BCUT2D eigenvalue weighted by molar-refractivity contribution is 6.32. The highest BCUT2D eigenvalue weighted by atomic mass is 35.5. The van der Waals surface area contributed by atoms with E-state index in [1.165, 1.54) is 0 Å². The lowest BCUT2D eigenvalue weighted by Crippen LogP contribution is -2.15. The molecular formula is C13H12ClN3O. The molecule has 2 heterocycles. The SMILES string of the molecule is Cc1cnc(Cl)c(NC(=O)Cc2ccccn2)c1. The van der Waals surface area contributed by atoms with Gasteiger partial charge in [-0.2, -0.15) is 0 Å². The molecule has 0 saturated heterocycles. The monoisotopic (exact) mass is 261 g/mol. The van der Waals surface area contributed by atoms with Gasteiger partial charge in [0, 0.05) is 18.1 Å². The second-order valence-electron chi connectivity index (χ2n) is 3.90. The molecule has 0 saturated carbocycles. The maximum atomic E-state index is 11.8. The van der Waals surface area contributed by atoms with Gasteiger partial charge in [0.25, 0.3) is 0 Å². The van der Waals surface area contributed by atoms with Crippen LogP contribution in [0.25, 0.3) is 0 Å². The molecule has 0 aliphatic heterocycles. The van der Waals surface area contributed by atoms with Crippen LogP contribution in [-0.4, -0.2) is 15.9 Å². The number of aryl methyl sites for hydroxylation is 1. The normalized spacial score (nSPS) is 10.1. The van der Waals surface area contributed by atoms with Crippen LogP contribution in [0.1, 0.15) is 11.3 Å². The smallest absolute Gasteiger partial charge is 0.230 e. The van der Waals surface area contributed by atoms with E-state index in [1.54, 1.807) is 24.5 Å². The first kappa shape index (κ1) is 12.5. The fourth-order valence-electron chi connectivity index (χ4n) is 1.50. The average molecular weight is 262 g/mol. The Bertz CT molecular complexity index is 557. The van der Waals surface area contributed by atoms with E-state index < -0.39 is 0 Å². The van der Waals surface area contributed by atoms with Gasteiger partial charge < -0.3 is 5.32 Å². The summed E-state index contributed by atoms with van der Waals surface area (Å²) in [6, 6.07) is 7.24. The number of amides is 1. The average Bonchev–Trinajstić information content (AvgIpc) is 2.35. The van der Waals surface area contributed by atoms with Crippen LogP contribution in [0.2, 0.25) is 5.15 Å². The van der Waals surface area contributed by atoms with Crippen molar-refractivity contribution in [2.45, 2.75) is 13.3 Å². The lowest BCUT2D eigenvalue weighted by atomic mass is 10.2. The number of hydrogen-bond acceptors (Lipinski definition) is 3. The Kier molecular flexibility index (Phi) is 3.89. The van der Waals surface area contributed by atoms with Crippen molar-refractivity contribution in [2.24, 2.45) is 0 Å². The zero-order valence-electron chi connectivity index (χ0n) is 9.85. The zero-order chi connectivity index (χ0) is 13.0. The van der Waals surface area contributed by atoms with Crippen molar-refractivity contribution in [1.29, 1.82) is 0 Å². The topological polar surface area (TPSA) is 54.9 Å². The number of aromatic nitrogens is 2. The number of rotatable bonds is 3. The van der Waals surface area contributed by atoms with Crippen molar-refractivity contribution in [3.05, 3.63) is 53.1 Å². The highest BCUT2D eigenvalue weighted by Crippen LogP contribution is 2.19. The van der Waals surface area contributed by atoms with Gasteiger partial charge in [-0.05, 0) is 30.7 Å². The van der Waals surface area contributed by atoms with E-state index in [1.807, 2.05) is 19.1 Å². The number of halogens is 1. The van der Waals surface area contributed by atoms with Crippen molar-refractivity contribution in [1.82, 2.24) is 9.97 Å². The number of hydrogen-bond donors (Lipinski definition) is 1. The number of carbonyl (C=O) groups is 1. The minimum absolute atomic E-state index is 0.164. The molecule has 4 nitrogen and oxygen atoms in total. The molecule has 0 aromatic carbocycles.